The third-order valence-electron chi connectivity index (χ3n) is 5.34. The Morgan fingerprint density at radius 2 is 2.12 bits per heavy atom. The molecule has 0 saturated carbocycles. The topological polar surface area (TPSA) is 29.5 Å². The zero-order valence-electron chi connectivity index (χ0n) is 14.2. The molecule has 0 N–H and O–H groups in total. The smallest absolute Gasteiger partial charge is 0.257 e. The molecule has 3 heterocycles. The predicted molar refractivity (Wildman–Crippen MR) is 96.2 cm³/mol. The first-order chi connectivity index (χ1) is 11.7. The number of hydrogen-bond acceptors (Lipinski definition) is 3. The highest BCUT2D eigenvalue weighted by molar-refractivity contribution is 7.12. The zero-order valence-corrected chi connectivity index (χ0v) is 15.0. The van der Waals surface area contributed by atoms with E-state index in [0.717, 1.165) is 31.2 Å². The Kier molecular flexibility index (Phi) is 4.19. The van der Waals surface area contributed by atoms with Gasteiger partial charge in [0.1, 0.15) is 0 Å². The van der Waals surface area contributed by atoms with Crippen molar-refractivity contribution in [2.45, 2.75) is 50.8 Å². The Hall–Kier alpha value is -1.65. The number of hydrogen-bond donors (Lipinski definition) is 0. The maximum atomic E-state index is 13.3. The van der Waals surface area contributed by atoms with Crippen LogP contribution in [0.3, 0.4) is 0 Å². The number of carbonyl (C=O) groups excluding carboxylic acids is 1. The second-order valence-electron chi connectivity index (χ2n) is 6.67. The van der Waals surface area contributed by atoms with Gasteiger partial charge in [0.15, 0.2) is 6.10 Å². The highest BCUT2D eigenvalue weighted by Gasteiger charge is 2.45. The van der Waals surface area contributed by atoms with E-state index in [1.807, 2.05) is 41.7 Å². The lowest BCUT2D eigenvalue weighted by atomic mass is 9.98. The molecular formula is C20H23NO2S. The Balaban J connectivity index is 1.65. The lowest BCUT2D eigenvalue weighted by Gasteiger charge is -2.37. The van der Waals surface area contributed by atoms with Crippen molar-refractivity contribution in [1.29, 1.82) is 0 Å². The molecule has 2 aliphatic rings. The van der Waals surface area contributed by atoms with E-state index in [1.54, 1.807) is 7.11 Å². The lowest BCUT2D eigenvalue weighted by molar-refractivity contribution is -0.146. The number of carbonyl (C=O) groups is 1. The Bertz CT molecular complexity index is 739. The van der Waals surface area contributed by atoms with E-state index in [-0.39, 0.29) is 11.9 Å². The van der Waals surface area contributed by atoms with Gasteiger partial charge in [-0.1, -0.05) is 37.3 Å². The first kappa shape index (κ1) is 15.9. The van der Waals surface area contributed by atoms with Crippen LogP contribution in [0.1, 0.15) is 52.8 Å². The molecule has 0 spiro atoms. The van der Waals surface area contributed by atoms with Gasteiger partial charge in [-0.05, 0) is 36.5 Å². The van der Waals surface area contributed by atoms with Crippen molar-refractivity contribution in [3.05, 3.63) is 57.3 Å². The monoisotopic (exact) mass is 341 g/mol. The van der Waals surface area contributed by atoms with Gasteiger partial charge in [0.05, 0.1) is 6.04 Å². The van der Waals surface area contributed by atoms with E-state index in [2.05, 4.69) is 17.9 Å². The second kappa shape index (κ2) is 6.34. The van der Waals surface area contributed by atoms with Crippen molar-refractivity contribution >= 4 is 17.2 Å². The predicted octanol–water partition coefficient (Wildman–Crippen LogP) is 4.29. The highest BCUT2D eigenvalue weighted by atomic mass is 32.1. The summed E-state index contributed by atoms with van der Waals surface area (Å²) in [4.78, 5) is 18.3. The molecule has 3 atom stereocenters. The summed E-state index contributed by atoms with van der Waals surface area (Å²) in [6, 6.07) is 12.7. The fourth-order valence-electron chi connectivity index (χ4n) is 4.20. The third kappa shape index (κ3) is 2.49. The molecule has 2 aromatic rings. The number of methoxy groups -OCH3 is 1. The van der Waals surface area contributed by atoms with Crippen LogP contribution in [0.2, 0.25) is 0 Å². The first-order valence-corrected chi connectivity index (χ1v) is 9.56. The quantitative estimate of drug-likeness (QED) is 0.830. The van der Waals surface area contributed by atoms with Crippen LogP contribution in [0.5, 0.6) is 0 Å². The SMILES string of the molecule is CCc1cc2c(s1)CC1CCC2N1C(=O)[C@@H](OC)c1ccccc1. The first-order valence-electron chi connectivity index (χ1n) is 8.74. The molecule has 1 fully saturated rings. The third-order valence-corrected chi connectivity index (χ3v) is 6.66. The molecule has 0 aliphatic carbocycles. The summed E-state index contributed by atoms with van der Waals surface area (Å²) in [7, 11) is 1.63. The van der Waals surface area contributed by atoms with Gasteiger partial charge in [-0.2, -0.15) is 0 Å². The molecule has 2 bridgehead atoms. The Morgan fingerprint density at radius 1 is 1.33 bits per heavy atom. The van der Waals surface area contributed by atoms with Crippen molar-refractivity contribution in [2.75, 3.05) is 7.11 Å². The van der Waals surface area contributed by atoms with Gasteiger partial charge in [-0.3, -0.25) is 4.79 Å². The molecule has 126 valence electrons. The molecule has 3 nitrogen and oxygen atoms in total. The average molecular weight is 341 g/mol. The van der Waals surface area contributed by atoms with E-state index in [1.165, 1.54) is 15.3 Å². The molecule has 1 saturated heterocycles. The Morgan fingerprint density at radius 3 is 2.83 bits per heavy atom. The molecule has 2 unspecified atom stereocenters. The molecule has 1 amide bonds. The number of rotatable bonds is 4. The fraction of sp³-hybridized carbons (Fsp3) is 0.450. The minimum atomic E-state index is -0.500. The number of amides is 1. The molecule has 4 rings (SSSR count). The van der Waals surface area contributed by atoms with Crippen LogP contribution >= 0.6 is 11.3 Å². The number of ether oxygens (including phenoxy) is 1. The van der Waals surface area contributed by atoms with Gasteiger partial charge < -0.3 is 9.64 Å². The van der Waals surface area contributed by atoms with Gasteiger partial charge in [0.25, 0.3) is 5.91 Å². The minimum absolute atomic E-state index is 0.117. The molecule has 2 aliphatic heterocycles. The van der Waals surface area contributed by atoms with Crippen LogP contribution in [-0.4, -0.2) is 24.0 Å². The van der Waals surface area contributed by atoms with Gasteiger partial charge >= 0.3 is 0 Å². The van der Waals surface area contributed by atoms with Crippen molar-refractivity contribution in [2.24, 2.45) is 0 Å². The number of fused-ring (bicyclic) bond motifs is 4. The second-order valence-corrected chi connectivity index (χ2v) is 7.89. The van der Waals surface area contributed by atoms with Gasteiger partial charge in [0.2, 0.25) is 0 Å². The Labute approximate surface area is 147 Å². The largest absolute Gasteiger partial charge is 0.367 e. The van der Waals surface area contributed by atoms with Crippen LogP contribution in [0.15, 0.2) is 36.4 Å². The zero-order chi connectivity index (χ0) is 16.7. The van der Waals surface area contributed by atoms with Crippen LogP contribution in [0, 0.1) is 0 Å². The van der Waals surface area contributed by atoms with E-state index >= 15 is 0 Å². The molecule has 0 radical (unpaired) electrons. The summed E-state index contributed by atoms with van der Waals surface area (Å²) in [6.07, 6.45) is 3.76. The number of benzene rings is 1. The highest BCUT2D eigenvalue weighted by Crippen LogP contribution is 2.47. The van der Waals surface area contributed by atoms with Crippen molar-refractivity contribution in [1.82, 2.24) is 4.90 Å². The molecule has 4 heteroatoms. The van der Waals surface area contributed by atoms with Gasteiger partial charge in [-0.25, -0.2) is 0 Å². The van der Waals surface area contributed by atoms with Crippen LogP contribution in [0.25, 0.3) is 0 Å². The van der Waals surface area contributed by atoms with E-state index < -0.39 is 6.10 Å². The van der Waals surface area contributed by atoms with E-state index in [0.29, 0.717) is 6.04 Å². The normalized spacial score (nSPS) is 23.2. The summed E-state index contributed by atoms with van der Waals surface area (Å²) in [5.74, 6) is 0.117. The standard InChI is InChI=1S/C20H23NO2S/c1-3-15-12-16-17-10-9-14(11-18(16)24-15)21(17)20(22)19(23-2)13-7-5-4-6-8-13/h4-8,12,14,17,19H,3,9-11H2,1-2H3/t14?,17?,19-/m0/s1. The maximum absolute atomic E-state index is 13.3. The van der Waals surface area contributed by atoms with Crippen molar-refractivity contribution in [3.8, 4) is 0 Å². The summed E-state index contributed by atoms with van der Waals surface area (Å²) >= 11 is 1.94. The van der Waals surface area contributed by atoms with Crippen molar-refractivity contribution in [3.63, 3.8) is 0 Å². The summed E-state index contributed by atoms with van der Waals surface area (Å²) in [5, 5.41) is 0. The molecule has 1 aromatic carbocycles. The molecular weight excluding hydrogens is 318 g/mol. The maximum Gasteiger partial charge on any atom is 0.257 e. The lowest BCUT2D eigenvalue weighted by Crippen LogP contribution is -2.44. The van der Waals surface area contributed by atoms with Gasteiger partial charge in [0, 0.05) is 29.3 Å². The van der Waals surface area contributed by atoms with Crippen LogP contribution < -0.4 is 0 Å². The van der Waals surface area contributed by atoms with Crippen LogP contribution in [-0.2, 0) is 22.4 Å². The van der Waals surface area contributed by atoms with Crippen LogP contribution in [0.4, 0.5) is 0 Å². The number of aryl methyl sites for hydroxylation is 1. The minimum Gasteiger partial charge on any atom is -0.367 e. The average Bonchev–Trinajstić information content (AvgIpc) is 3.18. The number of nitrogens with zero attached hydrogens (tertiary/aromatic N) is 1. The number of thiophene rings is 1. The fourth-order valence-corrected chi connectivity index (χ4v) is 5.43. The van der Waals surface area contributed by atoms with E-state index in [4.69, 9.17) is 4.74 Å². The molecule has 24 heavy (non-hydrogen) atoms. The summed E-state index contributed by atoms with van der Waals surface area (Å²) in [5.41, 5.74) is 2.33. The summed E-state index contributed by atoms with van der Waals surface area (Å²) < 4.78 is 5.60. The van der Waals surface area contributed by atoms with E-state index in [9.17, 15) is 4.79 Å². The summed E-state index contributed by atoms with van der Waals surface area (Å²) in [6.45, 7) is 2.20. The van der Waals surface area contributed by atoms with Gasteiger partial charge in [-0.15, -0.1) is 11.3 Å². The molecule has 1 aromatic heterocycles. The van der Waals surface area contributed by atoms with Crippen molar-refractivity contribution < 1.29 is 9.53 Å².